The Bertz CT molecular complexity index is 430. The van der Waals surface area contributed by atoms with Crippen LogP contribution in [0, 0.1) is 0 Å². The van der Waals surface area contributed by atoms with Crippen molar-refractivity contribution in [3.8, 4) is 5.75 Å². The summed E-state index contributed by atoms with van der Waals surface area (Å²) in [6.45, 7) is 5.55. The molecule has 3 nitrogen and oxygen atoms in total. The molecule has 0 fully saturated rings. The fraction of sp³-hybridized carbons (Fsp3) is 0.385. The van der Waals surface area contributed by atoms with Crippen molar-refractivity contribution >= 4 is 21.8 Å². The third kappa shape index (κ3) is 3.31. The monoisotopic (exact) mass is 318 g/mol. The van der Waals surface area contributed by atoms with Crippen molar-refractivity contribution in [2.45, 2.75) is 13.2 Å². The molecule has 0 N–H and O–H groups in total. The summed E-state index contributed by atoms with van der Waals surface area (Å²) in [6, 6.07) is 3.38. The highest BCUT2D eigenvalue weighted by Crippen LogP contribution is 2.37. The van der Waals surface area contributed by atoms with Crippen LogP contribution in [-0.4, -0.2) is 20.8 Å². The van der Waals surface area contributed by atoms with Gasteiger partial charge in [0.1, 0.15) is 11.6 Å². The van der Waals surface area contributed by atoms with E-state index in [9.17, 15) is 4.39 Å². The van der Waals surface area contributed by atoms with E-state index in [1.807, 2.05) is 6.92 Å². The summed E-state index contributed by atoms with van der Waals surface area (Å²) in [5, 5.41) is 0. The molecule has 1 rings (SSSR count). The molecule has 0 aromatic heterocycles. The van der Waals surface area contributed by atoms with Crippen molar-refractivity contribution in [3.63, 3.8) is 0 Å². The molecule has 0 amide bonds. The van der Waals surface area contributed by atoms with Gasteiger partial charge in [0, 0.05) is 18.7 Å². The topological polar surface area (TPSA) is 27.7 Å². The number of rotatable bonds is 6. The summed E-state index contributed by atoms with van der Waals surface area (Å²) in [5.41, 5.74) is 0.908. The molecule has 1 aromatic carbocycles. The standard InChI is InChI=1S/C13H16BrFO3/c1-5-18-12-10(8(2)15)6-9(14)7-11(12)13(16-3)17-4/h6-7,13H,2,5H2,1,3-4H3. The number of hydrogen-bond donors (Lipinski definition) is 0. The van der Waals surface area contributed by atoms with Gasteiger partial charge in [0.15, 0.2) is 6.29 Å². The van der Waals surface area contributed by atoms with Crippen LogP contribution in [0.4, 0.5) is 4.39 Å². The Morgan fingerprint density at radius 1 is 1.39 bits per heavy atom. The first-order valence-electron chi connectivity index (χ1n) is 5.41. The molecule has 0 saturated carbocycles. The molecule has 100 valence electrons. The van der Waals surface area contributed by atoms with Gasteiger partial charge >= 0.3 is 0 Å². The normalized spacial score (nSPS) is 10.8. The highest BCUT2D eigenvalue weighted by atomic mass is 79.9. The third-order valence-corrected chi connectivity index (χ3v) is 2.80. The summed E-state index contributed by atoms with van der Waals surface area (Å²) >= 11 is 3.32. The Hall–Kier alpha value is -0.910. The highest BCUT2D eigenvalue weighted by Gasteiger charge is 2.21. The van der Waals surface area contributed by atoms with Gasteiger partial charge in [-0.3, -0.25) is 0 Å². The van der Waals surface area contributed by atoms with Crippen molar-refractivity contribution < 1.29 is 18.6 Å². The van der Waals surface area contributed by atoms with Crippen LogP contribution in [0.2, 0.25) is 0 Å². The quantitative estimate of drug-likeness (QED) is 0.740. The smallest absolute Gasteiger partial charge is 0.186 e. The van der Waals surface area contributed by atoms with Crippen molar-refractivity contribution in [1.82, 2.24) is 0 Å². The van der Waals surface area contributed by atoms with Gasteiger partial charge in [-0.1, -0.05) is 22.5 Å². The molecule has 0 aliphatic carbocycles. The fourth-order valence-corrected chi connectivity index (χ4v) is 2.12. The SMILES string of the molecule is C=C(F)c1cc(Br)cc(C(OC)OC)c1OCC. The molecule has 0 unspecified atom stereocenters. The average Bonchev–Trinajstić information content (AvgIpc) is 2.33. The van der Waals surface area contributed by atoms with E-state index in [4.69, 9.17) is 14.2 Å². The summed E-state index contributed by atoms with van der Waals surface area (Å²) in [6.07, 6.45) is -0.623. The van der Waals surface area contributed by atoms with Gasteiger partial charge in [-0.2, -0.15) is 0 Å². The molecule has 0 aliphatic rings. The maximum Gasteiger partial charge on any atom is 0.186 e. The maximum absolute atomic E-state index is 13.5. The highest BCUT2D eigenvalue weighted by molar-refractivity contribution is 9.10. The van der Waals surface area contributed by atoms with Gasteiger partial charge in [0.2, 0.25) is 0 Å². The molecule has 0 spiro atoms. The second-order valence-electron chi connectivity index (χ2n) is 3.51. The van der Waals surface area contributed by atoms with E-state index >= 15 is 0 Å². The Kier molecular flexibility index (Phi) is 5.78. The third-order valence-electron chi connectivity index (χ3n) is 2.35. The van der Waals surface area contributed by atoms with Gasteiger partial charge in [-0.05, 0) is 19.1 Å². The molecule has 0 saturated heterocycles. The Labute approximate surface area is 115 Å². The molecule has 0 aliphatic heterocycles. The number of methoxy groups -OCH3 is 2. The number of hydrogen-bond acceptors (Lipinski definition) is 3. The van der Waals surface area contributed by atoms with Crippen LogP contribution in [0.3, 0.4) is 0 Å². The van der Waals surface area contributed by atoms with Crippen molar-refractivity contribution in [2.24, 2.45) is 0 Å². The molecule has 0 heterocycles. The van der Waals surface area contributed by atoms with E-state index < -0.39 is 12.1 Å². The minimum Gasteiger partial charge on any atom is -0.493 e. The van der Waals surface area contributed by atoms with Crippen LogP contribution in [0.1, 0.15) is 24.3 Å². The van der Waals surface area contributed by atoms with Crippen molar-refractivity contribution in [1.29, 1.82) is 0 Å². The minimum absolute atomic E-state index is 0.292. The van der Waals surface area contributed by atoms with E-state index in [0.29, 0.717) is 28.0 Å². The van der Waals surface area contributed by atoms with Crippen molar-refractivity contribution in [3.05, 3.63) is 34.3 Å². The Morgan fingerprint density at radius 2 is 2.00 bits per heavy atom. The van der Waals surface area contributed by atoms with Gasteiger partial charge in [-0.25, -0.2) is 4.39 Å². The zero-order valence-electron chi connectivity index (χ0n) is 10.6. The van der Waals surface area contributed by atoms with Crippen LogP contribution in [0.15, 0.2) is 23.2 Å². The van der Waals surface area contributed by atoms with Crippen LogP contribution < -0.4 is 4.74 Å². The summed E-state index contributed by atoms with van der Waals surface area (Å²) < 4.78 is 30.0. The van der Waals surface area contributed by atoms with Crippen LogP contribution in [-0.2, 0) is 9.47 Å². The fourth-order valence-electron chi connectivity index (χ4n) is 1.65. The van der Waals surface area contributed by atoms with Gasteiger partial charge in [-0.15, -0.1) is 0 Å². The second-order valence-corrected chi connectivity index (χ2v) is 4.43. The minimum atomic E-state index is -0.623. The molecular weight excluding hydrogens is 303 g/mol. The van der Waals surface area contributed by atoms with Crippen LogP contribution in [0.5, 0.6) is 5.75 Å². The van der Waals surface area contributed by atoms with E-state index in [0.717, 1.165) is 0 Å². The molecular formula is C13H16BrFO3. The largest absolute Gasteiger partial charge is 0.493 e. The van der Waals surface area contributed by atoms with E-state index in [1.165, 1.54) is 14.2 Å². The first kappa shape index (κ1) is 15.1. The van der Waals surface area contributed by atoms with E-state index in [1.54, 1.807) is 12.1 Å². The van der Waals surface area contributed by atoms with E-state index in [-0.39, 0.29) is 0 Å². The lowest BCUT2D eigenvalue weighted by Gasteiger charge is -2.20. The zero-order chi connectivity index (χ0) is 13.7. The number of halogens is 2. The predicted octanol–water partition coefficient (Wildman–Crippen LogP) is 4.08. The summed E-state index contributed by atoms with van der Waals surface area (Å²) in [5.74, 6) is -0.172. The van der Waals surface area contributed by atoms with Crippen molar-refractivity contribution in [2.75, 3.05) is 20.8 Å². The number of benzene rings is 1. The predicted molar refractivity (Wildman–Crippen MR) is 72.2 cm³/mol. The molecule has 0 bridgehead atoms. The van der Waals surface area contributed by atoms with E-state index in [2.05, 4.69) is 22.5 Å². The van der Waals surface area contributed by atoms with Gasteiger partial charge in [0.05, 0.1) is 17.7 Å². The molecule has 18 heavy (non-hydrogen) atoms. The summed E-state index contributed by atoms with van der Waals surface area (Å²) in [7, 11) is 3.02. The Balaban J connectivity index is 3.41. The van der Waals surface area contributed by atoms with Gasteiger partial charge in [0.25, 0.3) is 0 Å². The van der Waals surface area contributed by atoms with Crippen LogP contribution >= 0.6 is 15.9 Å². The van der Waals surface area contributed by atoms with Gasteiger partial charge < -0.3 is 14.2 Å². The van der Waals surface area contributed by atoms with Crippen LogP contribution in [0.25, 0.3) is 5.83 Å². The Morgan fingerprint density at radius 3 is 2.44 bits per heavy atom. The average molecular weight is 319 g/mol. The lowest BCUT2D eigenvalue weighted by atomic mass is 10.1. The first-order chi connectivity index (χ1) is 8.54. The zero-order valence-corrected chi connectivity index (χ0v) is 12.2. The molecule has 0 radical (unpaired) electrons. The molecule has 1 aromatic rings. The lowest BCUT2D eigenvalue weighted by Crippen LogP contribution is -2.08. The molecule has 0 atom stereocenters. The second kappa shape index (κ2) is 6.87. The summed E-state index contributed by atoms with van der Waals surface area (Å²) in [4.78, 5) is 0. The number of ether oxygens (including phenoxy) is 3. The first-order valence-corrected chi connectivity index (χ1v) is 6.21. The maximum atomic E-state index is 13.5. The lowest BCUT2D eigenvalue weighted by molar-refractivity contribution is -0.107. The molecule has 5 heteroatoms.